The van der Waals surface area contributed by atoms with Gasteiger partial charge in [0.1, 0.15) is 0 Å². The molecule has 2 aliphatic rings. The van der Waals surface area contributed by atoms with E-state index in [2.05, 4.69) is 147 Å². The van der Waals surface area contributed by atoms with Crippen LogP contribution in [0.1, 0.15) is 61.3 Å². The maximum atomic E-state index is 2.65. The van der Waals surface area contributed by atoms with Gasteiger partial charge in [-0.2, -0.15) is 0 Å². The summed E-state index contributed by atoms with van der Waals surface area (Å²) < 4.78 is 4.79. The SMILES string of the molecule is CC(C)C1=Cc2c(ccn2-c2ccccc2)C1[Si](C)(C)C1C(C(C)C)=Cc2c1ccn2-c1ccccc1.[Cl-].[Cl-].[Zr+2]. The Labute approximate surface area is 272 Å². The standard InChI is InChI=1S/C34H38N2Si.2ClH.Zr/c1-23(2)29-21-31-27(17-19-35(31)25-13-9-7-10-14-25)33(29)37(5,6)34-28-18-20-36(26-15-11-8-12-16-26)32(28)22-30(34)24(3)4;;;/h7-24,33-34H,1-6H3;2*1H;/q;;;+2/p-2. The van der Waals surface area contributed by atoms with E-state index in [1.807, 2.05) is 0 Å². The fourth-order valence-electron chi connectivity index (χ4n) is 7.01. The number of benzene rings is 2. The first-order valence-corrected chi connectivity index (χ1v) is 16.9. The molecule has 0 fully saturated rings. The maximum Gasteiger partial charge on any atom is 2.00 e. The van der Waals surface area contributed by atoms with E-state index in [9.17, 15) is 0 Å². The van der Waals surface area contributed by atoms with Gasteiger partial charge < -0.3 is 33.9 Å². The normalized spacial score (nSPS) is 17.4. The summed E-state index contributed by atoms with van der Waals surface area (Å²) in [5.74, 6) is 1.05. The maximum absolute atomic E-state index is 2.65. The zero-order valence-corrected chi connectivity index (χ0v) is 29.2. The van der Waals surface area contributed by atoms with E-state index in [0.29, 0.717) is 22.9 Å². The quantitative estimate of drug-likeness (QED) is 0.281. The Morgan fingerprint density at radius 1 is 0.575 bits per heavy atom. The number of nitrogens with zero attached hydrogens (tertiary/aromatic N) is 2. The Balaban J connectivity index is 0.00000147. The third-order valence-corrected chi connectivity index (χ3v) is 13.0. The molecule has 2 unspecified atom stereocenters. The molecule has 4 aromatic rings. The van der Waals surface area contributed by atoms with Gasteiger partial charge >= 0.3 is 26.2 Å². The smallest absolute Gasteiger partial charge is 1.00 e. The van der Waals surface area contributed by atoms with Gasteiger partial charge in [0.2, 0.25) is 0 Å². The molecule has 2 nitrogen and oxygen atoms in total. The number of rotatable bonds is 6. The molecule has 0 aliphatic heterocycles. The van der Waals surface area contributed by atoms with E-state index in [1.165, 1.54) is 33.9 Å². The molecule has 0 saturated carbocycles. The second-order valence-electron chi connectivity index (χ2n) is 12.0. The van der Waals surface area contributed by atoms with Crippen LogP contribution in [0.4, 0.5) is 0 Å². The Morgan fingerprint density at radius 3 is 1.25 bits per heavy atom. The van der Waals surface area contributed by atoms with Crippen LogP contribution in [0.3, 0.4) is 0 Å². The summed E-state index contributed by atoms with van der Waals surface area (Å²) in [5, 5.41) is 0. The predicted octanol–water partition coefficient (Wildman–Crippen LogP) is 3.03. The molecule has 0 radical (unpaired) electrons. The number of hydrogen-bond acceptors (Lipinski definition) is 0. The molecule has 6 heteroatoms. The van der Waals surface area contributed by atoms with Crippen molar-refractivity contribution in [3.05, 3.63) is 119 Å². The van der Waals surface area contributed by atoms with Crippen molar-refractivity contribution in [1.82, 2.24) is 9.13 Å². The van der Waals surface area contributed by atoms with Gasteiger partial charge in [-0.3, -0.25) is 0 Å². The molecule has 40 heavy (non-hydrogen) atoms. The molecule has 6 rings (SSSR count). The Kier molecular flexibility index (Phi) is 10.3. The van der Waals surface area contributed by atoms with Gasteiger partial charge in [0.25, 0.3) is 0 Å². The molecule has 0 N–H and O–H groups in total. The summed E-state index contributed by atoms with van der Waals surface area (Å²) in [6.45, 7) is 14.8. The number of halogens is 2. The largest absolute Gasteiger partial charge is 2.00 e. The minimum absolute atomic E-state index is 0. The van der Waals surface area contributed by atoms with Crippen LogP contribution in [-0.2, 0) is 26.2 Å². The van der Waals surface area contributed by atoms with E-state index in [4.69, 9.17) is 0 Å². The van der Waals surface area contributed by atoms with Crippen LogP contribution >= 0.6 is 0 Å². The average molecular weight is 665 g/mol. The van der Waals surface area contributed by atoms with Crippen LogP contribution < -0.4 is 24.8 Å². The van der Waals surface area contributed by atoms with Crippen LogP contribution in [0, 0.1) is 11.8 Å². The van der Waals surface area contributed by atoms with Crippen LogP contribution in [0.5, 0.6) is 0 Å². The number of para-hydroxylation sites is 2. The first-order valence-electron chi connectivity index (χ1n) is 13.7. The molecule has 2 aliphatic carbocycles. The zero-order chi connectivity index (χ0) is 25.9. The van der Waals surface area contributed by atoms with Crippen molar-refractivity contribution in [2.75, 3.05) is 0 Å². The van der Waals surface area contributed by atoms with E-state index >= 15 is 0 Å². The summed E-state index contributed by atoms with van der Waals surface area (Å²) in [5.41, 5.74) is 12.6. The van der Waals surface area contributed by atoms with Gasteiger partial charge in [-0.15, -0.1) is 0 Å². The average Bonchev–Trinajstić information content (AvgIpc) is 3.63. The van der Waals surface area contributed by atoms with E-state index in [1.54, 1.807) is 11.1 Å². The fraction of sp³-hybridized carbons (Fsp3) is 0.294. The molecular weight excluding hydrogens is 627 g/mol. The van der Waals surface area contributed by atoms with Crippen molar-refractivity contribution in [2.45, 2.75) is 51.9 Å². The summed E-state index contributed by atoms with van der Waals surface area (Å²) in [6, 6.07) is 26.4. The molecule has 206 valence electrons. The molecule has 0 amide bonds. The summed E-state index contributed by atoms with van der Waals surface area (Å²) in [6.07, 6.45) is 9.62. The van der Waals surface area contributed by atoms with E-state index in [-0.39, 0.29) is 51.0 Å². The minimum atomic E-state index is -1.93. The first-order chi connectivity index (χ1) is 17.8. The molecule has 2 heterocycles. The van der Waals surface area contributed by atoms with Gasteiger partial charge in [0.15, 0.2) is 0 Å². The van der Waals surface area contributed by atoms with Crippen molar-refractivity contribution < 1.29 is 51.0 Å². The van der Waals surface area contributed by atoms with Crippen LogP contribution in [0.25, 0.3) is 23.5 Å². The topological polar surface area (TPSA) is 9.86 Å². The minimum Gasteiger partial charge on any atom is -1.00 e. The third-order valence-electron chi connectivity index (χ3n) is 8.70. The van der Waals surface area contributed by atoms with Crippen molar-refractivity contribution in [1.29, 1.82) is 0 Å². The molecule has 0 spiro atoms. The van der Waals surface area contributed by atoms with Gasteiger partial charge in [-0.1, -0.05) is 88.3 Å². The monoisotopic (exact) mass is 662 g/mol. The van der Waals surface area contributed by atoms with Gasteiger partial charge in [0.05, 0.1) is 8.07 Å². The van der Waals surface area contributed by atoms with E-state index in [0.717, 1.165) is 0 Å². The fourth-order valence-corrected chi connectivity index (χ4v) is 12.0. The third kappa shape index (κ3) is 5.26. The van der Waals surface area contributed by atoms with Gasteiger partial charge in [-0.25, -0.2) is 0 Å². The number of hydrogen-bond donors (Lipinski definition) is 0. The van der Waals surface area contributed by atoms with Crippen molar-refractivity contribution in [3.63, 3.8) is 0 Å². The Morgan fingerprint density at radius 2 is 0.925 bits per heavy atom. The molecule has 2 aromatic heterocycles. The number of aromatic nitrogens is 2. The Hall–Kier alpha value is -1.84. The second-order valence-corrected chi connectivity index (χ2v) is 16.8. The second kappa shape index (κ2) is 12.6. The number of fused-ring (bicyclic) bond motifs is 2. The predicted molar refractivity (Wildman–Crippen MR) is 160 cm³/mol. The van der Waals surface area contributed by atoms with Gasteiger partial charge in [0, 0.05) is 46.2 Å². The summed E-state index contributed by atoms with van der Waals surface area (Å²) in [7, 11) is -1.93. The number of allylic oxidation sites excluding steroid dienone is 2. The molecule has 0 saturated heterocycles. The van der Waals surface area contributed by atoms with Crippen LogP contribution in [-0.4, -0.2) is 17.2 Å². The van der Waals surface area contributed by atoms with Crippen molar-refractivity contribution in [3.8, 4) is 11.4 Å². The van der Waals surface area contributed by atoms with Crippen LogP contribution in [0.15, 0.2) is 96.3 Å². The Bertz CT molecular complexity index is 1400. The molecule has 2 atom stereocenters. The molecular formula is C34H38Cl2N2SiZr. The van der Waals surface area contributed by atoms with Gasteiger partial charge in [-0.05, 0) is 71.5 Å². The zero-order valence-electron chi connectivity index (χ0n) is 24.2. The summed E-state index contributed by atoms with van der Waals surface area (Å²) >= 11 is 0. The van der Waals surface area contributed by atoms with E-state index < -0.39 is 8.07 Å². The van der Waals surface area contributed by atoms with Crippen molar-refractivity contribution in [2.24, 2.45) is 11.8 Å². The summed E-state index contributed by atoms with van der Waals surface area (Å²) in [4.78, 5) is 0. The van der Waals surface area contributed by atoms with Crippen molar-refractivity contribution >= 4 is 20.2 Å². The van der Waals surface area contributed by atoms with Crippen LogP contribution in [0.2, 0.25) is 13.1 Å². The molecule has 0 bridgehead atoms. The molecule has 2 aromatic carbocycles. The first kappa shape index (κ1) is 32.7.